The number of aliphatic hydroxyl groups is 1. The van der Waals surface area contributed by atoms with Crippen molar-refractivity contribution in [3.05, 3.63) is 80.8 Å². The van der Waals surface area contributed by atoms with Crippen molar-refractivity contribution in [3.8, 4) is 5.75 Å². The quantitative estimate of drug-likeness (QED) is 0.216. The van der Waals surface area contributed by atoms with Crippen LogP contribution in [0.1, 0.15) is 39.5 Å². The Balaban J connectivity index is 1.90. The van der Waals surface area contributed by atoms with Gasteiger partial charge in [-0.2, -0.15) is 0 Å². The Bertz CT molecular complexity index is 1330. The molecule has 3 aromatic rings. The molecule has 1 amide bonds. The molecular weight excluding hydrogens is 492 g/mol. The first-order valence-corrected chi connectivity index (χ1v) is 11.8. The van der Waals surface area contributed by atoms with Gasteiger partial charge in [0.1, 0.15) is 16.4 Å². The van der Waals surface area contributed by atoms with Gasteiger partial charge in [-0.3, -0.25) is 14.5 Å². The molecule has 1 aromatic heterocycles. The number of Topliss-reactive ketones (excluding diaryl/α,β-unsaturated/α-hetero) is 1. The molecule has 8 nitrogen and oxygen atoms in total. The van der Waals surface area contributed by atoms with Crippen LogP contribution in [0, 0.1) is 6.92 Å². The van der Waals surface area contributed by atoms with Crippen LogP contribution in [-0.4, -0.2) is 41.5 Å². The molecule has 1 fully saturated rings. The van der Waals surface area contributed by atoms with E-state index in [0.29, 0.717) is 27.6 Å². The number of halogens is 1. The van der Waals surface area contributed by atoms with Crippen molar-refractivity contribution in [2.45, 2.75) is 19.9 Å². The average Bonchev–Trinajstić information content (AvgIpc) is 3.36. The number of carbonyl (C=O) groups is 3. The lowest BCUT2D eigenvalue weighted by molar-refractivity contribution is -0.132. The summed E-state index contributed by atoms with van der Waals surface area (Å²) in [5.41, 5.74) is 1.14. The number of esters is 1. The fourth-order valence-electron chi connectivity index (χ4n) is 3.77. The molecule has 0 unspecified atom stereocenters. The van der Waals surface area contributed by atoms with Crippen molar-refractivity contribution >= 4 is 51.5 Å². The van der Waals surface area contributed by atoms with E-state index in [1.807, 2.05) is 0 Å². The van der Waals surface area contributed by atoms with Gasteiger partial charge in [-0.25, -0.2) is 9.78 Å². The van der Waals surface area contributed by atoms with Gasteiger partial charge in [-0.1, -0.05) is 35.1 Å². The number of hydrogen-bond acceptors (Lipinski definition) is 8. The first-order chi connectivity index (χ1) is 16.8. The van der Waals surface area contributed by atoms with E-state index in [9.17, 15) is 19.5 Å². The second-order valence-corrected chi connectivity index (χ2v) is 8.99. The molecule has 0 spiro atoms. The number of nitrogens with zero attached hydrogens (tertiary/aromatic N) is 2. The molecule has 180 valence electrons. The van der Waals surface area contributed by atoms with Gasteiger partial charge in [0.2, 0.25) is 0 Å². The SMILES string of the molecule is CCOC(=O)c1sc(N2C(=O)C(=O)C(=C(O)c3ccc(Cl)cc3)[C@H]2c2ccc(OC)cc2)nc1C. The monoisotopic (exact) mass is 512 g/mol. The highest BCUT2D eigenvalue weighted by Crippen LogP contribution is 2.44. The number of carbonyl (C=O) groups excluding carboxylic acids is 3. The highest BCUT2D eigenvalue weighted by molar-refractivity contribution is 7.17. The van der Waals surface area contributed by atoms with Gasteiger partial charge < -0.3 is 14.6 Å². The summed E-state index contributed by atoms with van der Waals surface area (Å²) in [6.07, 6.45) is 0. The number of ether oxygens (including phenoxy) is 2. The topological polar surface area (TPSA) is 106 Å². The second kappa shape index (κ2) is 9.89. The van der Waals surface area contributed by atoms with E-state index >= 15 is 0 Å². The molecule has 35 heavy (non-hydrogen) atoms. The summed E-state index contributed by atoms with van der Waals surface area (Å²) in [7, 11) is 1.52. The molecule has 2 heterocycles. The van der Waals surface area contributed by atoms with E-state index in [1.165, 1.54) is 12.0 Å². The van der Waals surface area contributed by atoms with Gasteiger partial charge in [0.15, 0.2) is 5.13 Å². The third-order valence-electron chi connectivity index (χ3n) is 5.45. The lowest BCUT2D eigenvalue weighted by Crippen LogP contribution is -2.29. The van der Waals surface area contributed by atoms with Crippen molar-refractivity contribution in [2.75, 3.05) is 18.6 Å². The van der Waals surface area contributed by atoms with E-state index in [2.05, 4.69) is 4.98 Å². The Hall–Kier alpha value is -3.69. The number of aryl methyl sites for hydroxylation is 1. The van der Waals surface area contributed by atoms with E-state index in [-0.39, 0.29) is 27.9 Å². The van der Waals surface area contributed by atoms with E-state index in [1.54, 1.807) is 62.4 Å². The fraction of sp³-hybridized carbons (Fsp3) is 0.200. The number of thiazole rings is 1. The summed E-state index contributed by atoms with van der Waals surface area (Å²) in [4.78, 5) is 44.7. The van der Waals surface area contributed by atoms with Crippen LogP contribution in [0.5, 0.6) is 5.75 Å². The van der Waals surface area contributed by atoms with Crippen molar-refractivity contribution < 1.29 is 29.0 Å². The summed E-state index contributed by atoms with van der Waals surface area (Å²) in [6.45, 7) is 3.50. The number of methoxy groups -OCH3 is 1. The van der Waals surface area contributed by atoms with Crippen LogP contribution >= 0.6 is 22.9 Å². The normalized spacial score (nSPS) is 17.0. The molecule has 1 aliphatic heterocycles. The minimum Gasteiger partial charge on any atom is -0.507 e. The maximum absolute atomic E-state index is 13.3. The Morgan fingerprint density at radius 2 is 1.80 bits per heavy atom. The van der Waals surface area contributed by atoms with Crippen molar-refractivity contribution in [2.24, 2.45) is 0 Å². The maximum Gasteiger partial charge on any atom is 0.350 e. The minimum atomic E-state index is -0.989. The molecule has 1 N–H and O–H groups in total. The van der Waals surface area contributed by atoms with E-state index < -0.39 is 23.7 Å². The molecule has 4 rings (SSSR count). The van der Waals surface area contributed by atoms with Crippen LogP contribution < -0.4 is 9.64 Å². The fourth-order valence-corrected chi connectivity index (χ4v) is 4.88. The summed E-state index contributed by atoms with van der Waals surface area (Å²) in [5, 5.41) is 11.7. The zero-order chi connectivity index (χ0) is 25.3. The van der Waals surface area contributed by atoms with Gasteiger partial charge in [0.05, 0.1) is 31.0 Å². The van der Waals surface area contributed by atoms with Crippen molar-refractivity contribution in [3.63, 3.8) is 0 Å². The number of amides is 1. The van der Waals surface area contributed by atoms with Crippen LogP contribution in [0.15, 0.2) is 54.1 Å². The van der Waals surface area contributed by atoms with Crippen LogP contribution in [0.3, 0.4) is 0 Å². The molecule has 1 saturated heterocycles. The summed E-state index contributed by atoms with van der Waals surface area (Å²) >= 11 is 6.91. The summed E-state index contributed by atoms with van der Waals surface area (Å²) < 4.78 is 10.3. The first-order valence-electron chi connectivity index (χ1n) is 10.6. The molecule has 1 atom stereocenters. The Morgan fingerprint density at radius 3 is 2.40 bits per heavy atom. The summed E-state index contributed by atoms with van der Waals surface area (Å²) in [6, 6.07) is 12.1. The molecule has 1 aliphatic rings. The zero-order valence-electron chi connectivity index (χ0n) is 19.1. The van der Waals surface area contributed by atoms with Crippen LogP contribution in [0.25, 0.3) is 5.76 Å². The molecular formula is C25H21ClN2O6S. The molecule has 0 aliphatic carbocycles. The van der Waals surface area contributed by atoms with Gasteiger partial charge in [0.25, 0.3) is 5.78 Å². The molecule has 2 aromatic carbocycles. The molecule has 0 bridgehead atoms. The average molecular weight is 513 g/mol. The molecule has 0 radical (unpaired) electrons. The Morgan fingerprint density at radius 1 is 1.14 bits per heavy atom. The Labute approximate surface area is 210 Å². The standard InChI is InChI=1S/C25H21ClN2O6S/c1-4-34-24(32)22-13(2)27-25(35-22)28-19(14-7-11-17(33-3)12-8-14)18(21(30)23(28)31)20(29)15-5-9-16(26)10-6-15/h5-12,19,29H,4H2,1-3H3/t19-/m1/s1. The van der Waals surface area contributed by atoms with Crippen molar-refractivity contribution in [1.29, 1.82) is 0 Å². The number of ketones is 1. The second-order valence-electron chi connectivity index (χ2n) is 7.58. The number of anilines is 1. The van der Waals surface area contributed by atoms with Crippen LogP contribution in [-0.2, 0) is 14.3 Å². The highest BCUT2D eigenvalue weighted by Gasteiger charge is 2.48. The van der Waals surface area contributed by atoms with Crippen LogP contribution in [0.4, 0.5) is 5.13 Å². The largest absolute Gasteiger partial charge is 0.507 e. The molecule has 10 heteroatoms. The zero-order valence-corrected chi connectivity index (χ0v) is 20.6. The lowest BCUT2D eigenvalue weighted by atomic mass is 9.95. The third kappa shape index (κ3) is 4.52. The smallest absolute Gasteiger partial charge is 0.350 e. The number of aliphatic hydroxyl groups excluding tert-OH is 1. The molecule has 0 saturated carbocycles. The minimum absolute atomic E-state index is 0.104. The first kappa shape index (κ1) is 24.4. The third-order valence-corrected chi connectivity index (χ3v) is 6.83. The van der Waals surface area contributed by atoms with E-state index in [4.69, 9.17) is 21.1 Å². The number of aromatic nitrogens is 1. The van der Waals surface area contributed by atoms with Crippen molar-refractivity contribution in [1.82, 2.24) is 4.98 Å². The maximum atomic E-state index is 13.3. The van der Waals surface area contributed by atoms with Gasteiger partial charge >= 0.3 is 11.9 Å². The predicted octanol–water partition coefficient (Wildman–Crippen LogP) is 4.92. The van der Waals surface area contributed by atoms with Gasteiger partial charge in [0, 0.05) is 10.6 Å². The van der Waals surface area contributed by atoms with Crippen LogP contribution in [0.2, 0.25) is 5.02 Å². The number of hydrogen-bond donors (Lipinski definition) is 1. The van der Waals surface area contributed by atoms with Gasteiger partial charge in [-0.15, -0.1) is 0 Å². The Kier molecular flexibility index (Phi) is 6.90. The number of benzene rings is 2. The number of rotatable bonds is 6. The highest BCUT2D eigenvalue weighted by atomic mass is 35.5. The lowest BCUT2D eigenvalue weighted by Gasteiger charge is -2.23. The predicted molar refractivity (Wildman–Crippen MR) is 132 cm³/mol. The van der Waals surface area contributed by atoms with Gasteiger partial charge in [-0.05, 0) is 55.8 Å². The van der Waals surface area contributed by atoms with E-state index in [0.717, 1.165) is 11.3 Å². The summed E-state index contributed by atoms with van der Waals surface area (Å²) in [5.74, 6) is -2.07.